The number of hydrogen-bond acceptors (Lipinski definition) is 3. The van der Waals surface area contributed by atoms with Gasteiger partial charge >= 0.3 is 0 Å². The standard InChI is InChI=1S/C20H24N4O2/c1-3-19(25)23-11-7-16(8-12-23)20(26)21-14-17-5-6-18(13-15(17)2)24-10-4-9-22-24/h3-6,9-10,13,16H,1,7-8,11-12,14H2,2H3,(H,21,26). The molecule has 1 fully saturated rings. The largest absolute Gasteiger partial charge is 0.352 e. The average molecular weight is 352 g/mol. The van der Waals surface area contributed by atoms with E-state index in [0.29, 0.717) is 32.5 Å². The van der Waals surface area contributed by atoms with Crippen LogP contribution >= 0.6 is 0 Å². The first-order valence-corrected chi connectivity index (χ1v) is 8.87. The van der Waals surface area contributed by atoms with Gasteiger partial charge in [-0.25, -0.2) is 4.68 Å². The van der Waals surface area contributed by atoms with Gasteiger partial charge < -0.3 is 10.2 Å². The highest BCUT2D eigenvalue weighted by Crippen LogP contribution is 2.19. The molecule has 0 unspecified atom stereocenters. The zero-order valence-corrected chi connectivity index (χ0v) is 15.0. The topological polar surface area (TPSA) is 67.2 Å². The van der Waals surface area contributed by atoms with Crippen LogP contribution in [0.15, 0.2) is 49.3 Å². The monoisotopic (exact) mass is 352 g/mol. The van der Waals surface area contributed by atoms with E-state index in [4.69, 9.17) is 0 Å². The third kappa shape index (κ3) is 4.02. The van der Waals surface area contributed by atoms with Gasteiger partial charge in [-0.2, -0.15) is 5.10 Å². The third-order valence-corrected chi connectivity index (χ3v) is 4.90. The number of carbonyl (C=O) groups is 2. The first kappa shape index (κ1) is 17.9. The minimum absolute atomic E-state index is 0.0347. The Bertz CT molecular complexity index is 790. The van der Waals surface area contributed by atoms with Crippen LogP contribution in [0.25, 0.3) is 5.69 Å². The van der Waals surface area contributed by atoms with E-state index >= 15 is 0 Å². The summed E-state index contributed by atoms with van der Waals surface area (Å²) in [7, 11) is 0. The van der Waals surface area contributed by atoms with E-state index in [9.17, 15) is 9.59 Å². The molecule has 6 nitrogen and oxygen atoms in total. The fourth-order valence-corrected chi connectivity index (χ4v) is 3.26. The van der Waals surface area contributed by atoms with Crippen molar-refractivity contribution < 1.29 is 9.59 Å². The zero-order valence-electron chi connectivity index (χ0n) is 15.0. The number of likely N-dealkylation sites (tertiary alicyclic amines) is 1. The highest BCUT2D eigenvalue weighted by Gasteiger charge is 2.26. The minimum Gasteiger partial charge on any atom is -0.352 e. The minimum atomic E-state index is -0.0586. The molecular weight excluding hydrogens is 328 g/mol. The van der Waals surface area contributed by atoms with Crippen molar-refractivity contribution in [3.63, 3.8) is 0 Å². The lowest BCUT2D eigenvalue weighted by Crippen LogP contribution is -2.42. The van der Waals surface area contributed by atoms with Crippen LogP contribution in [-0.4, -0.2) is 39.6 Å². The molecule has 0 atom stereocenters. The molecule has 0 aliphatic carbocycles. The van der Waals surface area contributed by atoms with E-state index in [1.165, 1.54) is 6.08 Å². The van der Waals surface area contributed by atoms with Gasteiger partial charge in [-0.05, 0) is 55.2 Å². The van der Waals surface area contributed by atoms with Gasteiger partial charge in [0.1, 0.15) is 0 Å². The molecule has 2 aromatic rings. The summed E-state index contributed by atoms with van der Waals surface area (Å²) in [5, 5.41) is 7.27. The number of nitrogens with one attached hydrogen (secondary N) is 1. The maximum atomic E-state index is 12.4. The molecule has 1 N–H and O–H groups in total. The molecule has 2 amide bonds. The van der Waals surface area contributed by atoms with Crippen LogP contribution < -0.4 is 5.32 Å². The van der Waals surface area contributed by atoms with E-state index in [0.717, 1.165) is 16.8 Å². The Hall–Kier alpha value is -2.89. The maximum absolute atomic E-state index is 12.4. The second-order valence-electron chi connectivity index (χ2n) is 6.58. The number of carbonyl (C=O) groups excluding carboxylic acids is 2. The Morgan fingerprint density at radius 1 is 1.35 bits per heavy atom. The normalized spacial score (nSPS) is 14.9. The molecule has 6 heteroatoms. The van der Waals surface area contributed by atoms with Crippen molar-refractivity contribution in [2.45, 2.75) is 26.3 Å². The fraction of sp³-hybridized carbons (Fsp3) is 0.350. The molecule has 26 heavy (non-hydrogen) atoms. The fourth-order valence-electron chi connectivity index (χ4n) is 3.26. The lowest BCUT2D eigenvalue weighted by molar-refractivity contribution is -0.132. The number of amides is 2. The van der Waals surface area contributed by atoms with Gasteiger partial charge in [0.15, 0.2) is 0 Å². The predicted molar refractivity (Wildman–Crippen MR) is 99.6 cm³/mol. The molecule has 1 aliphatic rings. The Morgan fingerprint density at radius 3 is 2.73 bits per heavy atom. The van der Waals surface area contributed by atoms with E-state index in [1.54, 1.807) is 11.1 Å². The molecule has 0 radical (unpaired) electrons. The molecule has 0 spiro atoms. The third-order valence-electron chi connectivity index (χ3n) is 4.90. The Balaban J connectivity index is 1.53. The van der Waals surface area contributed by atoms with Crippen LogP contribution in [0.1, 0.15) is 24.0 Å². The maximum Gasteiger partial charge on any atom is 0.245 e. The summed E-state index contributed by atoms with van der Waals surface area (Å²) >= 11 is 0. The van der Waals surface area contributed by atoms with Gasteiger partial charge in [-0.15, -0.1) is 0 Å². The number of benzene rings is 1. The van der Waals surface area contributed by atoms with Gasteiger partial charge in [-0.1, -0.05) is 12.6 Å². The summed E-state index contributed by atoms with van der Waals surface area (Å²) in [4.78, 5) is 25.8. The first-order chi connectivity index (χ1) is 12.6. The molecular formula is C20H24N4O2. The Kier molecular flexibility index (Phi) is 5.51. The van der Waals surface area contributed by atoms with Gasteiger partial charge in [0.2, 0.25) is 11.8 Å². The summed E-state index contributed by atoms with van der Waals surface area (Å²) in [6.45, 7) is 7.28. The van der Waals surface area contributed by atoms with Crippen LogP contribution in [0.3, 0.4) is 0 Å². The van der Waals surface area contributed by atoms with Gasteiger partial charge in [-0.3, -0.25) is 9.59 Å². The van der Waals surface area contributed by atoms with Crippen LogP contribution in [0.5, 0.6) is 0 Å². The molecule has 1 aromatic heterocycles. The van der Waals surface area contributed by atoms with Crippen LogP contribution in [0.2, 0.25) is 0 Å². The predicted octanol–water partition coefficient (Wildman–Crippen LogP) is 2.22. The number of piperidine rings is 1. The number of nitrogens with zero attached hydrogens (tertiary/aromatic N) is 3. The van der Waals surface area contributed by atoms with Crippen molar-refractivity contribution in [3.8, 4) is 5.69 Å². The second kappa shape index (κ2) is 7.99. The molecule has 1 saturated heterocycles. The number of rotatable bonds is 5. The zero-order chi connectivity index (χ0) is 18.5. The summed E-state index contributed by atoms with van der Waals surface area (Å²) in [5.41, 5.74) is 3.21. The molecule has 2 heterocycles. The Labute approximate surface area is 153 Å². The van der Waals surface area contributed by atoms with Crippen LogP contribution in [-0.2, 0) is 16.1 Å². The first-order valence-electron chi connectivity index (χ1n) is 8.87. The summed E-state index contributed by atoms with van der Waals surface area (Å²) in [6, 6.07) is 7.98. The van der Waals surface area contributed by atoms with Gasteiger partial charge in [0.25, 0.3) is 0 Å². The second-order valence-corrected chi connectivity index (χ2v) is 6.58. The van der Waals surface area contributed by atoms with Crippen molar-refractivity contribution in [1.29, 1.82) is 0 Å². The molecule has 0 saturated carbocycles. The number of hydrogen-bond donors (Lipinski definition) is 1. The van der Waals surface area contributed by atoms with Crippen molar-refractivity contribution in [2.24, 2.45) is 5.92 Å². The highest BCUT2D eigenvalue weighted by molar-refractivity contribution is 5.87. The molecule has 1 aromatic carbocycles. The summed E-state index contributed by atoms with van der Waals surface area (Å²) in [6.07, 6.45) is 6.37. The molecule has 1 aliphatic heterocycles. The Morgan fingerprint density at radius 2 is 2.12 bits per heavy atom. The number of aromatic nitrogens is 2. The van der Waals surface area contributed by atoms with E-state index in [-0.39, 0.29) is 17.7 Å². The van der Waals surface area contributed by atoms with Gasteiger partial charge in [0, 0.05) is 37.9 Å². The van der Waals surface area contributed by atoms with E-state index < -0.39 is 0 Å². The highest BCUT2D eigenvalue weighted by atomic mass is 16.2. The quantitative estimate of drug-likeness (QED) is 0.839. The average Bonchev–Trinajstić information content (AvgIpc) is 3.21. The molecule has 0 bridgehead atoms. The van der Waals surface area contributed by atoms with Crippen molar-refractivity contribution in [3.05, 3.63) is 60.4 Å². The lowest BCUT2D eigenvalue weighted by atomic mass is 9.95. The molecule has 136 valence electrons. The lowest BCUT2D eigenvalue weighted by Gasteiger charge is -2.30. The molecule has 3 rings (SSSR count). The van der Waals surface area contributed by atoms with Crippen LogP contribution in [0, 0.1) is 12.8 Å². The van der Waals surface area contributed by atoms with Crippen molar-refractivity contribution in [2.75, 3.05) is 13.1 Å². The van der Waals surface area contributed by atoms with Crippen molar-refractivity contribution >= 4 is 11.8 Å². The van der Waals surface area contributed by atoms with E-state index in [1.807, 2.05) is 36.0 Å². The summed E-state index contributed by atoms with van der Waals surface area (Å²) < 4.78 is 1.81. The van der Waals surface area contributed by atoms with Gasteiger partial charge in [0.05, 0.1) is 5.69 Å². The van der Waals surface area contributed by atoms with Crippen LogP contribution in [0.4, 0.5) is 0 Å². The SMILES string of the molecule is C=CC(=O)N1CCC(C(=O)NCc2ccc(-n3cccn3)cc2C)CC1. The van der Waals surface area contributed by atoms with Crippen molar-refractivity contribution in [1.82, 2.24) is 20.0 Å². The smallest absolute Gasteiger partial charge is 0.245 e. The van der Waals surface area contributed by atoms with E-state index in [2.05, 4.69) is 23.1 Å². The summed E-state index contributed by atoms with van der Waals surface area (Å²) in [5.74, 6) is -0.0319. The number of aryl methyl sites for hydroxylation is 1.